The van der Waals surface area contributed by atoms with Gasteiger partial charge in [-0.2, -0.15) is 5.10 Å². The molecule has 0 saturated carbocycles. The highest BCUT2D eigenvalue weighted by Gasteiger charge is 2.12. The lowest BCUT2D eigenvalue weighted by Gasteiger charge is -1.93. The molecule has 1 heterocycles. The molecule has 0 atom stereocenters. The van der Waals surface area contributed by atoms with Crippen molar-refractivity contribution in [3.8, 4) is 11.8 Å². The van der Waals surface area contributed by atoms with Crippen LogP contribution in [0.5, 0.6) is 0 Å². The first-order valence-electron chi connectivity index (χ1n) is 4.64. The van der Waals surface area contributed by atoms with Crippen molar-refractivity contribution in [1.82, 2.24) is 9.78 Å². The van der Waals surface area contributed by atoms with E-state index < -0.39 is 0 Å². The Morgan fingerprint density at radius 2 is 2.36 bits per heavy atom. The second-order valence-electron chi connectivity index (χ2n) is 3.04. The largest absolute Gasteiger partial charge is 0.293 e. The molecule has 0 radical (unpaired) electrons. The molecule has 0 N–H and O–H groups in total. The van der Waals surface area contributed by atoms with Crippen LogP contribution in [0.4, 0.5) is 0 Å². The second-order valence-corrected chi connectivity index (χ2v) is 3.04. The molecule has 0 aliphatic heterocycles. The van der Waals surface area contributed by atoms with E-state index in [2.05, 4.69) is 16.9 Å². The minimum atomic E-state index is 0.0595. The molecule has 0 unspecified atom stereocenters. The highest BCUT2D eigenvalue weighted by Crippen LogP contribution is 2.09. The van der Waals surface area contributed by atoms with Crippen LogP contribution in [-0.2, 0) is 13.5 Å². The Morgan fingerprint density at radius 1 is 1.64 bits per heavy atom. The fourth-order valence-corrected chi connectivity index (χ4v) is 1.29. The molecule has 0 aliphatic rings. The van der Waals surface area contributed by atoms with E-state index in [0.29, 0.717) is 5.56 Å². The molecule has 1 rings (SSSR count). The fourth-order valence-electron chi connectivity index (χ4n) is 1.29. The summed E-state index contributed by atoms with van der Waals surface area (Å²) in [5.41, 5.74) is 1.56. The van der Waals surface area contributed by atoms with E-state index in [1.165, 1.54) is 0 Å². The summed E-state index contributed by atoms with van der Waals surface area (Å²) in [6.45, 7) is 3.72. The molecule has 14 heavy (non-hydrogen) atoms. The van der Waals surface area contributed by atoms with E-state index in [9.17, 15) is 4.79 Å². The molecule has 0 spiro atoms. The molecular formula is C11H14N2O. The summed E-state index contributed by atoms with van der Waals surface area (Å²) in [6, 6.07) is 0. The number of rotatable bonds is 3. The number of carbonyl (C=O) groups is 1. The van der Waals surface area contributed by atoms with Crippen molar-refractivity contribution < 1.29 is 4.79 Å². The van der Waals surface area contributed by atoms with Crippen molar-refractivity contribution in [1.29, 1.82) is 0 Å². The minimum absolute atomic E-state index is 0.0595. The molecule has 3 nitrogen and oxygen atoms in total. The highest BCUT2D eigenvalue weighted by atomic mass is 16.1. The molecule has 0 fully saturated rings. The Kier molecular flexibility index (Phi) is 3.47. The van der Waals surface area contributed by atoms with E-state index in [0.717, 1.165) is 12.1 Å². The van der Waals surface area contributed by atoms with Gasteiger partial charge in [0, 0.05) is 13.2 Å². The van der Waals surface area contributed by atoms with Gasteiger partial charge in [0.1, 0.15) is 0 Å². The van der Waals surface area contributed by atoms with Gasteiger partial charge in [-0.25, -0.2) is 0 Å². The van der Waals surface area contributed by atoms with Crippen LogP contribution in [0, 0.1) is 11.8 Å². The minimum Gasteiger partial charge on any atom is -0.293 e. The summed E-state index contributed by atoms with van der Waals surface area (Å²) in [6.07, 6.45) is 2.83. The zero-order valence-electron chi connectivity index (χ0n) is 8.79. The van der Waals surface area contributed by atoms with Crippen molar-refractivity contribution >= 4 is 5.78 Å². The van der Waals surface area contributed by atoms with Gasteiger partial charge >= 0.3 is 0 Å². The van der Waals surface area contributed by atoms with Crippen LogP contribution >= 0.6 is 0 Å². The lowest BCUT2D eigenvalue weighted by molar-refractivity contribution is 0.0997. The summed E-state index contributed by atoms with van der Waals surface area (Å²) in [4.78, 5) is 11.6. The Morgan fingerprint density at radius 3 is 2.93 bits per heavy atom. The van der Waals surface area contributed by atoms with Crippen LogP contribution in [0.25, 0.3) is 0 Å². The molecule has 1 aromatic heterocycles. The molecule has 1 aromatic rings. The number of nitrogens with zero attached hydrogens (tertiary/aromatic N) is 2. The van der Waals surface area contributed by atoms with Crippen LogP contribution in [-0.4, -0.2) is 15.6 Å². The van der Waals surface area contributed by atoms with E-state index >= 15 is 0 Å². The third kappa shape index (κ3) is 2.23. The number of Topliss-reactive ketones (excluding diaryl/α,β-unsaturated/α-hetero) is 1. The number of aromatic nitrogens is 2. The van der Waals surface area contributed by atoms with Crippen molar-refractivity contribution in [3.63, 3.8) is 0 Å². The summed E-state index contributed by atoms with van der Waals surface area (Å²) in [5, 5.41) is 4.21. The van der Waals surface area contributed by atoms with Crippen molar-refractivity contribution in [3.05, 3.63) is 17.5 Å². The van der Waals surface area contributed by atoms with Crippen LogP contribution in [0.15, 0.2) is 6.20 Å². The monoisotopic (exact) mass is 190 g/mol. The fraction of sp³-hybridized carbons (Fsp3) is 0.455. The van der Waals surface area contributed by atoms with Gasteiger partial charge in [0.25, 0.3) is 0 Å². The van der Waals surface area contributed by atoms with Crippen LogP contribution in [0.2, 0.25) is 0 Å². The van der Waals surface area contributed by atoms with Gasteiger partial charge < -0.3 is 0 Å². The first-order valence-corrected chi connectivity index (χ1v) is 4.64. The summed E-state index contributed by atoms with van der Waals surface area (Å²) in [7, 11) is 1.82. The van der Waals surface area contributed by atoms with E-state index in [1.807, 2.05) is 14.0 Å². The summed E-state index contributed by atoms with van der Waals surface area (Å²) >= 11 is 0. The quantitative estimate of drug-likeness (QED) is 0.535. The van der Waals surface area contributed by atoms with Crippen molar-refractivity contribution in [2.75, 3.05) is 0 Å². The van der Waals surface area contributed by atoms with Crippen LogP contribution in [0.3, 0.4) is 0 Å². The SMILES string of the molecule is CC#CCC(=O)c1cn(C)nc1CC. The van der Waals surface area contributed by atoms with Gasteiger partial charge in [0.2, 0.25) is 0 Å². The predicted molar refractivity (Wildman–Crippen MR) is 55.0 cm³/mol. The molecule has 74 valence electrons. The van der Waals surface area contributed by atoms with Gasteiger partial charge in [-0.05, 0) is 13.3 Å². The van der Waals surface area contributed by atoms with E-state index in [4.69, 9.17) is 0 Å². The second kappa shape index (κ2) is 4.61. The Bertz CT molecular complexity index is 393. The van der Waals surface area contributed by atoms with Gasteiger partial charge in [-0.15, -0.1) is 5.92 Å². The average Bonchev–Trinajstić information content (AvgIpc) is 2.56. The molecule has 0 aliphatic carbocycles. The number of hydrogen-bond acceptors (Lipinski definition) is 2. The molecule has 0 bridgehead atoms. The van der Waals surface area contributed by atoms with E-state index in [1.54, 1.807) is 17.8 Å². The van der Waals surface area contributed by atoms with Gasteiger partial charge in [-0.1, -0.05) is 12.8 Å². The van der Waals surface area contributed by atoms with Crippen LogP contribution in [0.1, 0.15) is 36.3 Å². The molecule has 0 saturated heterocycles. The average molecular weight is 190 g/mol. The maximum Gasteiger partial charge on any atom is 0.178 e. The standard InChI is InChI=1S/C11H14N2O/c1-4-6-7-11(14)9-8-13(3)12-10(9)5-2/h8H,5,7H2,1-3H3. The molecule has 0 aromatic carbocycles. The molecule has 3 heteroatoms. The van der Waals surface area contributed by atoms with Crippen molar-refractivity contribution in [2.24, 2.45) is 7.05 Å². The first-order chi connectivity index (χ1) is 6.69. The molecule has 0 amide bonds. The highest BCUT2D eigenvalue weighted by molar-refractivity contribution is 5.98. The van der Waals surface area contributed by atoms with Gasteiger partial charge in [0.05, 0.1) is 17.7 Å². The maximum atomic E-state index is 11.6. The Hall–Kier alpha value is -1.56. The Balaban J connectivity index is 2.91. The number of ketones is 1. The van der Waals surface area contributed by atoms with Gasteiger partial charge in [-0.3, -0.25) is 9.48 Å². The zero-order chi connectivity index (χ0) is 10.6. The molecular weight excluding hydrogens is 176 g/mol. The van der Waals surface area contributed by atoms with Crippen molar-refractivity contribution in [2.45, 2.75) is 26.7 Å². The predicted octanol–water partition coefficient (Wildman–Crippen LogP) is 1.58. The third-order valence-electron chi connectivity index (χ3n) is 1.97. The smallest absolute Gasteiger partial charge is 0.178 e. The lowest BCUT2D eigenvalue weighted by Crippen LogP contribution is -1.99. The maximum absolute atomic E-state index is 11.6. The zero-order valence-corrected chi connectivity index (χ0v) is 8.79. The number of hydrogen-bond donors (Lipinski definition) is 0. The first kappa shape index (κ1) is 10.5. The number of carbonyl (C=O) groups excluding carboxylic acids is 1. The topological polar surface area (TPSA) is 34.9 Å². The Labute approximate surface area is 84.1 Å². The van der Waals surface area contributed by atoms with E-state index in [-0.39, 0.29) is 12.2 Å². The van der Waals surface area contributed by atoms with Gasteiger partial charge in [0.15, 0.2) is 5.78 Å². The number of aryl methyl sites for hydroxylation is 2. The normalized spacial score (nSPS) is 9.36. The van der Waals surface area contributed by atoms with Crippen LogP contribution < -0.4 is 0 Å². The lowest BCUT2D eigenvalue weighted by atomic mass is 10.1. The summed E-state index contributed by atoms with van der Waals surface area (Å²) in [5.74, 6) is 5.54. The summed E-state index contributed by atoms with van der Waals surface area (Å²) < 4.78 is 1.67. The third-order valence-corrected chi connectivity index (χ3v) is 1.97.